The fourth-order valence-corrected chi connectivity index (χ4v) is 2.77. The van der Waals surface area contributed by atoms with Crippen LogP contribution in [0.3, 0.4) is 0 Å². The Morgan fingerprint density at radius 3 is 3.00 bits per heavy atom. The molecule has 0 bridgehead atoms. The highest BCUT2D eigenvalue weighted by atomic mass is 16.6. The van der Waals surface area contributed by atoms with Gasteiger partial charge >= 0.3 is 0 Å². The van der Waals surface area contributed by atoms with Gasteiger partial charge in [0.25, 0.3) is 5.69 Å². The fourth-order valence-electron chi connectivity index (χ4n) is 2.77. The minimum atomic E-state index is -0.418. The molecule has 0 radical (unpaired) electrons. The molecule has 0 aromatic heterocycles. The van der Waals surface area contributed by atoms with Gasteiger partial charge in [-0.3, -0.25) is 10.1 Å². The Morgan fingerprint density at radius 2 is 2.38 bits per heavy atom. The van der Waals surface area contributed by atoms with Crippen molar-refractivity contribution < 1.29 is 10.1 Å². The van der Waals surface area contributed by atoms with E-state index in [4.69, 9.17) is 10.9 Å². The molecule has 1 heterocycles. The van der Waals surface area contributed by atoms with Crippen LogP contribution in [0.2, 0.25) is 0 Å². The smallest absolute Gasteiger partial charge is 0.293 e. The number of piperidine rings is 1. The Balaban J connectivity index is 2.36. The summed E-state index contributed by atoms with van der Waals surface area (Å²) in [5.74, 6) is 0.442. The SMILES string of the molecule is CCC1CCCN(c2ccc(C(N)=NO)cc2[N+](=O)[O-])C1. The summed E-state index contributed by atoms with van der Waals surface area (Å²) in [6.45, 7) is 3.80. The monoisotopic (exact) mass is 292 g/mol. The van der Waals surface area contributed by atoms with Gasteiger partial charge in [-0.1, -0.05) is 18.5 Å². The number of oxime groups is 1. The minimum absolute atomic E-state index is 0.00384. The molecule has 21 heavy (non-hydrogen) atoms. The maximum absolute atomic E-state index is 11.3. The topological polar surface area (TPSA) is 105 Å². The molecule has 1 aromatic rings. The summed E-state index contributed by atoms with van der Waals surface area (Å²) in [5, 5.41) is 22.9. The van der Waals surface area contributed by atoms with Gasteiger partial charge in [0.1, 0.15) is 5.69 Å². The van der Waals surface area contributed by atoms with Crippen LogP contribution in [0.1, 0.15) is 31.7 Å². The second-order valence-electron chi connectivity index (χ2n) is 5.31. The molecule has 1 fully saturated rings. The summed E-state index contributed by atoms with van der Waals surface area (Å²) in [7, 11) is 0. The molecule has 114 valence electrons. The van der Waals surface area contributed by atoms with E-state index < -0.39 is 4.92 Å². The van der Waals surface area contributed by atoms with E-state index in [1.54, 1.807) is 12.1 Å². The second kappa shape index (κ2) is 6.43. The van der Waals surface area contributed by atoms with Gasteiger partial charge < -0.3 is 15.8 Å². The van der Waals surface area contributed by atoms with Crippen molar-refractivity contribution in [3.8, 4) is 0 Å². The molecule has 0 amide bonds. The van der Waals surface area contributed by atoms with Crippen LogP contribution >= 0.6 is 0 Å². The summed E-state index contributed by atoms with van der Waals surface area (Å²) in [4.78, 5) is 13.0. The molecule has 0 spiro atoms. The van der Waals surface area contributed by atoms with E-state index in [0.717, 1.165) is 25.9 Å². The molecule has 1 aliphatic rings. The minimum Gasteiger partial charge on any atom is -0.409 e. The Hall–Kier alpha value is -2.31. The van der Waals surface area contributed by atoms with Crippen molar-refractivity contribution >= 4 is 17.2 Å². The summed E-state index contributed by atoms with van der Waals surface area (Å²) < 4.78 is 0. The van der Waals surface area contributed by atoms with Crippen LogP contribution < -0.4 is 10.6 Å². The van der Waals surface area contributed by atoms with Gasteiger partial charge in [-0.15, -0.1) is 0 Å². The lowest BCUT2D eigenvalue weighted by Gasteiger charge is -2.33. The zero-order chi connectivity index (χ0) is 15.4. The number of hydrogen-bond donors (Lipinski definition) is 2. The van der Waals surface area contributed by atoms with Crippen molar-refractivity contribution in [1.82, 2.24) is 0 Å². The highest BCUT2D eigenvalue weighted by Gasteiger charge is 2.25. The molecular weight excluding hydrogens is 272 g/mol. The van der Waals surface area contributed by atoms with Gasteiger partial charge in [0, 0.05) is 24.7 Å². The number of benzene rings is 1. The van der Waals surface area contributed by atoms with Crippen molar-refractivity contribution in [1.29, 1.82) is 0 Å². The summed E-state index contributed by atoms with van der Waals surface area (Å²) in [6, 6.07) is 4.69. The predicted octanol–water partition coefficient (Wildman–Crippen LogP) is 2.32. The Labute approximate surface area is 123 Å². The van der Waals surface area contributed by atoms with Crippen LogP contribution in [0.4, 0.5) is 11.4 Å². The fraction of sp³-hybridized carbons (Fsp3) is 0.500. The number of hydrogen-bond acceptors (Lipinski definition) is 5. The molecule has 2 rings (SSSR count). The van der Waals surface area contributed by atoms with E-state index in [1.807, 2.05) is 0 Å². The molecule has 7 nitrogen and oxygen atoms in total. The van der Waals surface area contributed by atoms with Crippen LogP contribution in [0, 0.1) is 16.0 Å². The highest BCUT2D eigenvalue weighted by Crippen LogP contribution is 2.33. The molecule has 1 saturated heterocycles. The normalized spacial score (nSPS) is 19.6. The van der Waals surface area contributed by atoms with Crippen molar-refractivity contribution in [2.75, 3.05) is 18.0 Å². The predicted molar refractivity (Wildman–Crippen MR) is 80.8 cm³/mol. The quantitative estimate of drug-likeness (QED) is 0.291. The first-order valence-corrected chi connectivity index (χ1v) is 7.08. The van der Waals surface area contributed by atoms with Gasteiger partial charge in [-0.05, 0) is 30.9 Å². The van der Waals surface area contributed by atoms with Gasteiger partial charge in [0.15, 0.2) is 5.84 Å². The number of anilines is 1. The molecule has 1 unspecified atom stereocenters. The van der Waals surface area contributed by atoms with E-state index in [0.29, 0.717) is 17.2 Å². The standard InChI is InChI=1S/C14H20N4O3/c1-2-10-4-3-7-17(9-10)12-6-5-11(14(15)16-19)8-13(12)18(20)21/h5-6,8,10,19H,2-4,7,9H2,1H3,(H2,15,16). The Kier molecular flexibility index (Phi) is 4.62. The van der Waals surface area contributed by atoms with Crippen molar-refractivity contribution in [3.05, 3.63) is 33.9 Å². The zero-order valence-electron chi connectivity index (χ0n) is 12.0. The number of nitrogens with two attached hydrogens (primary N) is 1. The van der Waals surface area contributed by atoms with Crippen LogP contribution in [0.5, 0.6) is 0 Å². The molecule has 1 atom stereocenters. The van der Waals surface area contributed by atoms with E-state index in [9.17, 15) is 10.1 Å². The van der Waals surface area contributed by atoms with Crippen molar-refractivity contribution in [2.45, 2.75) is 26.2 Å². The highest BCUT2D eigenvalue weighted by molar-refractivity contribution is 5.98. The number of rotatable bonds is 4. The van der Waals surface area contributed by atoms with Gasteiger partial charge in [-0.25, -0.2) is 0 Å². The lowest BCUT2D eigenvalue weighted by molar-refractivity contribution is -0.384. The third-order valence-electron chi connectivity index (χ3n) is 4.01. The number of amidine groups is 1. The largest absolute Gasteiger partial charge is 0.409 e. The molecular formula is C14H20N4O3. The van der Waals surface area contributed by atoms with Gasteiger partial charge in [-0.2, -0.15) is 0 Å². The first-order valence-electron chi connectivity index (χ1n) is 7.08. The average molecular weight is 292 g/mol. The molecule has 0 saturated carbocycles. The maximum Gasteiger partial charge on any atom is 0.293 e. The van der Waals surface area contributed by atoms with Crippen LogP contribution in [-0.2, 0) is 0 Å². The van der Waals surface area contributed by atoms with Crippen LogP contribution in [-0.4, -0.2) is 29.1 Å². The van der Waals surface area contributed by atoms with E-state index in [-0.39, 0.29) is 11.5 Å². The molecule has 0 aliphatic carbocycles. The molecule has 3 N–H and O–H groups in total. The van der Waals surface area contributed by atoms with Crippen LogP contribution in [0.15, 0.2) is 23.4 Å². The molecule has 7 heteroatoms. The Bertz CT molecular complexity index is 559. The first kappa shape index (κ1) is 15.1. The van der Waals surface area contributed by atoms with Crippen molar-refractivity contribution in [2.24, 2.45) is 16.8 Å². The summed E-state index contributed by atoms with van der Waals surface area (Å²) in [5.41, 5.74) is 6.44. The number of nitro groups is 1. The lowest BCUT2D eigenvalue weighted by Crippen LogP contribution is -2.35. The summed E-state index contributed by atoms with van der Waals surface area (Å²) in [6.07, 6.45) is 3.28. The Morgan fingerprint density at radius 1 is 1.62 bits per heavy atom. The first-order chi connectivity index (χ1) is 10.1. The summed E-state index contributed by atoms with van der Waals surface area (Å²) >= 11 is 0. The zero-order valence-corrected chi connectivity index (χ0v) is 12.0. The van der Waals surface area contributed by atoms with E-state index in [1.165, 1.54) is 12.5 Å². The van der Waals surface area contributed by atoms with E-state index in [2.05, 4.69) is 17.0 Å². The molecule has 1 aromatic carbocycles. The molecule has 1 aliphatic heterocycles. The third kappa shape index (κ3) is 3.24. The maximum atomic E-state index is 11.3. The van der Waals surface area contributed by atoms with Gasteiger partial charge in [0.2, 0.25) is 0 Å². The second-order valence-corrected chi connectivity index (χ2v) is 5.31. The average Bonchev–Trinajstić information content (AvgIpc) is 2.53. The van der Waals surface area contributed by atoms with Crippen LogP contribution in [0.25, 0.3) is 0 Å². The lowest BCUT2D eigenvalue weighted by atomic mass is 9.95. The number of nitro benzene ring substituents is 1. The van der Waals surface area contributed by atoms with Gasteiger partial charge in [0.05, 0.1) is 4.92 Å². The van der Waals surface area contributed by atoms with Crippen molar-refractivity contribution in [3.63, 3.8) is 0 Å². The number of nitrogens with zero attached hydrogens (tertiary/aromatic N) is 3. The third-order valence-corrected chi connectivity index (χ3v) is 4.01. The van der Waals surface area contributed by atoms with E-state index >= 15 is 0 Å².